The second-order valence-electron chi connectivity index (χ2n) is 2.98. The monoisotopic (exact) mass is 362 g/mol. The number of nitrogens with two attached hydrogens (primary N) is 1. The van der Waals surface area contributed by atoms with Crippen molar-refractivity contribution >= 4 is 55.0 Å². The van der Waals surface area contributed by atoms with Gasteiger partial charge in [-0.05, 0) is 44.0 Å². The van der Waals surface area contributed by atoms with Crippen molar-refractivity contribution in [3.05, 3.63) is 31.5 Å². The molecule has 0 aliphatic carbocycles. The van der Waals surface area contributed by atoms with E-state index in [-0.39, 0.29) is 5.95 Å². The molecular weight excluding hydrogens is 356 g/mol. The van der Waals surface area contributed by atoms with Crippen LogP contribution in [-0.4, -0.2) is 9.97 Å². The summed E-state index contributed by atoms with van der Waals surface area (Å²) in [6.45, 7) is 0.714. The number of halogens is 2. The van der Waals surface area contributed by atoms with Gasteiger partial charge in [0.25, 0.3) is 0 Å². The van der Waals surface area contributed by atoms with Crippen LogP contribution in [0.2, 0.25) is 0 Å². The van der Waals surface area contributed by atoms with E-state index in [1.165, 1.54) is 4.88 Å². The maximum absolute atomic E-state index is 5.51. The number of hydrogen-bond donors (Lipinski definition) is 2. The van der Waals surface area contributed by atoms with Crippen molar-refractivity contribution in [2.24, 2.45) is 0 Å². The average molecular weight is 364 g/mol. The number of nitrogens with zero attached hydrogens (tertiary/aromatic N) is 2. The smallest absolute Gasteiger partial charge is 0.221 e. The van der Waals surface area contributed by atoms with Crippen molar-refractivity contribution in [3.63, 3.8) is 0 Å². The predicted octanol–water partition coefficient (Wildman–Crippen LogP) is 3.26. The van der Waals surface area contributed by atoms with Crippen LogP contribution in [0.4, 0.5) is 11.8 Å². The van der Waals surface area contributed by atoms with Crippen LogP contribution in [0.25, 0.3) is 0 Å². The van der Waals surface area contributed by atoms with Crippen molar-refractivity contribution < 1.29 is 0 Å². The molecule has 2 heterocycles. The highest BCUT2D eigenvalue weighted by molar-refractivity contribution is 9.11. The molecule has 0 amide bonds. The molecule has 0 saturated carbocycles. The van der Waals surface area contributed by atoms with E-state index in [0.717, 1.165) is 8.26 Å². The Labute approximate surface area is 114 Å². The van der Waals surface area contributed by atoms with Gasteiger partial charge in [0.05, 0.1) is 14.8 Å². The molecule has 2 rings (SSSR count). The van der Waals surface area contributed by atoms with Gasteiger partial charge in [-0.3, -0.25) is 0 Å². The Morgan fingerprint density at radius 3 is 2.88 bits per heavy atom. The SMILES string of the molecule is Nc1ncc(Br)c(NCc2ccc(Br)s2)n1. The fourth-order valence-electron chi connectivity index (χ4n) is 1.12. The van der Waals surface area contributed by atoms with E-state index in [4.69, 9.17) is 5.73 Å². The molecule has 0 spiro atoms. The van der Waals surface area contributed by atoms with Crippen LogP contribution in [0.5, 0.6) is 0 Å². The Bertz CT molecular complexity index is 500. The summed E-state index contributed by atoms with van der Waals surface area (Å²) in [4.78, 5) is 9.19. The van der Waals surface area contributed by atoms with Gasteiger partial charge < -0.3 is 11.1 Å². The molecule has 0 aromatic carbocycles. The molecule has 0 aliphatic rings. The van der Waals surface area contributed by atoms with Gasteiger partial charge in [0.2, 0.25) is 5.95 Å². The lowest BCUT2D eigenvalue weighted by Gasteiger charge is -2.06. The van der Waals surface area contributed by atoms with Gasteiger partial charge in [0.1, 0.15) is 5.82 Å². The topological polar surface area (TPSA) is 63.8 Å². The van der Waals surface area contributed by atoms with E-state index in [2.05, 4.69) is 53.2 Å². The first-order valence-corrected chi connectivity index (χ1v) is 6.81. The van der Waals surface area contributed by atoms with Crippen molar-refractivity contribution in [1.29, 1.82) is 0 Å². The molecule has 4 nitrogen and oxygen atoms in total. The first-order valence-electron chi connectivity index (χ1n) is 4.41. The van der Waals surface area contributed by atoms with Gasteiger partial charge in [-0.2, -0.15) is 4.98 Å². The van der Waals surface area contributed by atoms with Crippen LogP contribution in [0.15, 0.2) is 26.6 Å². The molecule has 0 bridgehead atoms. The van der Waals surface area contributed by atoms with Crippen molar-refractivity contribution in [3.8, 4) is 0 Å². The van der Waals surface area contributed by atoms with Crippen molar-refractivity contribution in [2.45, 2.75) is 6.54 Å². The van der Waals surface area contributed by atoms with Gasteiger partial charge >= 0.3 is 0 Å². The highest BCUT2D eigenvalue weighted by Crippen LogP contribution is 2.24. The zero-order chi connectivity index (χ0) is 11.5. The van der Waals surface area contributed by atoms with E-state index in [9.17, 15) is 0 Å². The summed E-state index contributed by atoms with van der Waals surface area (Å²) in [5.41, 5.74) is 5.51. The summed E-state index contributed by atoms with van der Waals surface area (Å²) in [6.07, 6.45) is 1.63. The standard InChI is InChI=1S/C9H8Br2N4S/c10-6-4-14-9(12)15-8(6)13-3-5-1-2-7(11)16-5/h1-2,4H,3H2,(H3,12,13,14,15). The highest BCUT2D eigenvalue weighted by atomic mass is 79.9. The number of anilines is 2. The summed E-state index contributed by atoms with van der Waals surface area (Å²) in [6, 6.07) is 4.07. The Morgan fingerprint density at radius 2 is 2.19 bits per heavy atom. The van der Waals surface area contributed by atoms with Crippen LogP contribution >= 0.6 is 43.2 Å². The fourth-order valence-corrected chi connectivity index (χ4v) is 2.88. The minimum atomic E-state index is 0.262. The summed E-state index contributed by atoms with van der Waals surface area (Å²) in [7, 11) is 0. The minimum Gasteiger partial charge on any atom is -0.368 e. The zero-order valence-corrected chi connectivity index (χ0v) is 12.1. The molecule has 0 aliphatic heterocycles. The lowest BCUT2D eigenvalue weighted by atomic mass is 10.4. The second-order valence-corrected chi connectivity index (χ2v) is 6.39. The first kappa shape index (κ1) is 11.8. The van der Waals surface area contributed by atoms with Crippen LogP contribution in [0.1, 0.15) is 4.88 Å². The van der Waals surface area contributed by atoms with Crippen LogP contribution in [0, 0.1) is 0 Å². The quantitative estimate of drug-likeness (QED) is 0.878. The number of thiophene rings is 1. The minimum absolute atomic E-state index is 0.262. The molecule has 16 heavy (non-hydrogen) atoms. The third-order valence-electron chi connectivity index (χ3n) is 1.82. The molecule has 0 atom stereocenters. The van der Waals surface area contributed by atoms with Crippen LogP contribution in [-0.2, 0) is 6.54 Å². The van der Waals surface area contributed by atoms with E-state index in [0.29, 0.717) is 12.4 Å². The first-order chi connectivity index (χ1) is 7.65. The third kappa shape index (κ3) is 2.93. The number of rotatable bonds is 3. The fraction of sp³-hybridized carbons (Fsp3) is 0.111. The van der Waals surface area contributed by atoms with E-state index < -0.39 is 0 Å². The number of aromatic nitrogens is 2. The largest absolute Gasteiger partial charge is 0.368 e. The Morgan fingerprint density at radius 1 is 1.38 bits per heavy atom. The lowest BCUT2D eigenvalue weighted by Crippen LogP contribution is -2.04. The normalized spacial score (nSPS) is 10.4. The molecular formula is C9H8Br2N4S. The Balaban J connectivity index is 2.07. The molecule has 0 radical (unpaired) electrons. The van der Waals surface area contributed by atoms with E-state index in [1.54, 1.807) is 17.5 Å². The summed E-state index contributed by atoms with van der Waals surface area (Å²) >= 11 is 8.46. The molecule has 0 unspecified atom stereocenters. The van der Waals surface area contributed by atoms with Gasteiger partial charge in [0, 0.05) is 11.1 Å². The number of nitrogens with one attached hydrogen (secondary N) is 1. The van der Waals surface area contributed by atoms with E-state index in [1.807, 2.05) is 6.07 Å². The molecule has 2 aromatic heterocycles. The summed E-state index contributed by atoms with van der Waals surface area (Å²) in [5, 5.41) is 3.19. The van der Waals surface area contributed by atoms with Crippen LogP contribution < -0.4 is 11.1 Å². The second kappa shape index (κ2) is 5.11. The van der Waals surface area contributed by atoms with Gasteiger partial charge in [-0.15, -0.1) is 11.3 Å². The van der Waals surface area contributed by atoms with Gasteiger partial charge in [-0.1, -0.05) is 0 Å². The summed E-state index contributed by atoms with van der Waals surface area (Å²) < 4.78 is 1.92. The molecule has 7 heteroatoms. The highest BCUT2D eigenvalue weighted by Gasteiger charge is 2.03. The van der Waals surface area contributed by atoms with Crippen molar-refractivity contribution in [1.82, 2.24) is 9.97 Å². The third-order valence-corrected chi connectivity index (χ3v) is 4.03. The van der Waals surface area contributed by atoms with Gasteiger partial charge in [0.15, 0.2) is 0 Å². The predicted molar refractivity (Wildman–Crippen MR) is 73.5 cm³/mol. The Kier molecular flexibility index (Phi) is 3.78. The maximum Gasteiger partial charge on any atom is 0.221 e. The van der Waals surface area contributed by atoms with E-state index >= 15 is 0 Å². The molecule has 0 fully saturated rings. The van der Waals surface area contributed by atoms with Gasteiger partial charge in [-0.25, -0.2) is 4.98 Å². The number of hydrogen-bond acceptors (Lipinski definition) is 5. The Hall–Kier alpha value is -0.660. The number of nitrogen functional groups attached to an aromatic ring is 1. The molecule has 84 valence electrons. The lowest BCUT2D eigenvalue weighted by molar-refractivity contribution is 1.10. The average Bonchev–Trinajstić information content (AvgIpc) is 2.66. The maximum atomic E-state index is 5.51. The molecule has 2 aromatic rings. The zero-order valence-electron chi connectivity index (χ0n) is 8.08. The van der Waals surface area contributed by atoms with Crippen LogP contribution in [0.3, 0.4) is 0 Å². The molecule has 3 N–H and O–H groups in total. The van der Waals surface area contributed by atoms with Crippen molar-refractivity contribution in [2.75, 3.05) is 11.1 Å². The molecule has 0 saturated heterocycles. The summed E-state index contributed by atoms with van der Waals surface area (Å²) in [5.74, 6) is 0.968.